The number of hydrogen-bond acceptors (Lipinski definition) is 4. The van der Waals surface area contributed by atoms with Crippen LogP contribution in [0.1, 0.15) is 38.1 Å². The van der Waals surface area contributed by atoms with Crippen molar-refractivity contribution in [2.24, 2.45) is 7.05 Å². The van der Waals surface area contributed by atoms with E-state index in [1.165, 1.54) is 17.6 Å². The van der Waals surface area contributed by atoms with Gasteiger partial charge in [0, 0.05) is 29.4 Å². The highest BCUT2D eigenvalue weighted by atomic mass is 35.5. The van der Waals surface area contributed by atoms with Crippen LogP contribution in [0.25, 0.3) is 0 Å². The molecule has 0 spiro atoms. The number of carbonyl (C=O) groups is 3. The number of rotatable bonds is 5. The summed E-state index contributed by atoms with van der Waals surface area (Å²) in [7, 11) is 1.63. The van der Waals surface area contributed by atoms with Crippen LogP contribution in [-0.2, 0) is 11.8 Å². The molecule has 0 saturated carbocycles. The standard InChI is InChI=1S/C16H14ClNO4/c1-10(19)12-7-14(18(2)8-12)16(21)22-9-15(20)11-3-5-13(17)6-4-11/h3-8H,9H2,1-2H3. The van der Waals surface area contributed by atoms with E-state index < -0.39 is 5.97 Å². The Morgan fingerprint density at radius 3 is 2.32 bits per heavy atom. The van der Waals surface area contributed by atoms with E-state index in [0.717, 1.165) is 0 Å². The normalized spacial score (nSPS) is 10.3. The first-order valence-corrected chi connectivity index (χ1v) is 6.89. The van der Waals surface area contributed by atoms with Crippen molar-refractivity contribution in [2.45, 2.75) is 6.92 Å². The number of hydrogen-bond donors (Lipinski definition) is 0. The summed E-state index contributed by atoms with van der Waals surface area (Å²) < 4.78 is 6.49. The molecular formula is C16H14ClNO4. The van der Waals surface area contributed by atoms with Gasteiger partial charge in [0.25, 0.3) is 0 Å². The van der Waals surface area contributed by atoms with Gasteiger partial charge in [-0.15, -0.1) is 0 Å². The molecule has 0 aliphatic carbocycles. The average Bonchev–Trinajstić information content (AvgIpc) is 2.87. The van der Waals surface area contributed by atoms with Crippen molar-refractivity contribution in [3.63, 3.8) is 0 Å². The molecule has 2 aromatic rings. The van der Waals surface area contributed by atoms with Crippen molar-refractivity contribution in [1.82, 2.24) is 4.57 Å². The molecule has 0 aliphatic heterocycles. The van der Waals surface area contributed by atoms with Gasteiger partial charge in [0.15, 0.2) is 18.2 Å². The molecule has 1 aromatic carbocycles. The lowest BCUT2D eigenvalue weighted by molar-refractivity contribution is 0.0465. The van der Waals surface area contributed by atoms with Crippen molar-refractivity contribution in [3.05, 3.63) is 58.4 Å². The molecule has 6 heteroatoms. The molecule has 2 rings (SSSR count). The first kappa shape index (κ1) is 16.0. The number of Topliss-reactive ketones (excluding diaryl/α,β-unsaturated/α-hetero) is 2. The van der Waals surface area contributed by atoms with Crippen LogP contribution in [0, 0.1) is 0 Å². The molecule has 0 bridgehead atoms. The van der Waals surface area contributed by atoms with Gasteiger partial charge < -0.3 is 9.30 Å². The van der Waals surface area contributed by atoms with Crippen LogP contribution in [0.3, 0.4) is 0 Å². The second-order valence-corrected chi connectivity index (χ2v) is 5.22. The number of halogens is 1. The Morgan fingerprint density at radius 2 is 1.77 bits per heavy atom. The Balaban J connectivity index is 2.02. The van der Waals surface area contributed by atoms with Crippen molar-refractivity contribution < 1.29 is 19.1 Å². The van der Waals surface area contributed by atoms with Gasteiger partial charge in [-0.3, -0.25) is 9.59 Å². The third-order valence-corrected chi connectivity index (χ3v) is 3.37. The van der Waals surface area contributed by atoms with Gasteiger partial charge in [0.1, 0.15) is 5.69 Å². The molecule has 5 nitrogen and oxygen atoms in total. The maximum Gasteiger partial charge on any atom is 0.355 e. The Labute approximate surface area is 132 Å². The van der Waals surface area contributed by atoms with Crippen molar-refractivity contribution >= 4 is 29.1 Å². The zero-order chi connectivity index (χ0) is 16.3. The number of ketones is 2. The molecule has 0 N–H and O–H groups in total. The SMILES string of the molecule is CC(=O)c1cc(C(=O)OCC(=O)c2ccc(Cl)cc2)n(C)c1. The van der Waals surface area contributed by atoms with E-state index in [-0.39, 0.29) is 23.9 Å². The summed E-state index contributed by atoms with van der Waals surface area (Å²) in [6.07, 6.45) is 1.54. The zero-order valence-electron chi connectivity index (χ0n) is 12.1. The third kappa shape index (κ3) is 3.62. The summed E-state index contributed by atoms with van der Waals surface area (Å²) >= 11 is 5.74. The summed E-state index contributed by atoms with van der Waals surface area (Å²) in [5.74, 6) is -1.13. The minimum absolute atomic E-state index is 0.146. The lowest BCUT2D eigenvalue weighted by Gasteiger charge is -2.05. The minimum Gasteiger partial charge on any atom is -0.453 e. The van der Waals surface area contributed by atoms with Gasteiger partial charge in [0.05, 0.1) is 0 Å². The highest BCUT2D eigenvalue weighted by Crippen LogP contribution is 2.12. The molecule has 22 heavy (non-hydrogen) atoms. The van der Waals surface area contributed by atoms with Gasteiger partial charge in [0.2, 0.25) is 0 Å². The van der Waals surface area contributed by atoms with Crippen LogP contribution in [0.4, 0.5) is 0 Å². The maximum atomic E-state index is 12.0. The van der Waals surface area contributed by atoms with E-state index in [2.05, 4.69) is 0 Å². The van der Waals surface area contributed by atoms with E-state index in [1.807, 2.05) is 0 Å². The summed E-state index contributed by atoms with van der Waals surface area (Å²) in [6, 6.07) is 7.75. The minimum atomic E-state index is -0.655. The number of esters is 1. The largest absolute Gasteiger partial charge is 0.453 e. The summed E-state index contributed by atoms with van der Waals surface area (Å²) in [5, 5.41) is 0.522. The number of aromatic nitrogens is 1. The van der Waals surface area contributed by atoms with Crippen LogP contribution in [-0.4, -0.2) is 28.7 Å². The second-order valence-electron chi connectivity index (χ2n) is 4.79. The first-order chi connectivity index (χ1) is 10.4. The van der Waals surface area contributed by atoms with Crippen LogP contribution >= 0.6 is 11.6 Å². The van der Waals surface area contributed by atoms with Crippen molar-refractivity contribution in [3.8, 4) is 0 Å². The topological polar surface area (TPSA) is 65.4 Å². The van der Waals surface area contributed by atoms with Gasteiger partial charge in [-0.2, -0.15) is 0 Å². The van der Waals surface area contributed by atoms with Crippen LogP contribution in [0.15, 0.2) is 36.5 Å². The van der Waals surface area contributed by atoms with Crippen LogP contribution < -0.4 is 0 Å². The van der Waals surface area contributed by atoms with Gasteiger partial charge in [-0.25, -0.2) is 4.79 Å². The average molecular weight is 320 g/mol. The monoisotopic (exact) mass is 319 g/mol. The predicted molar refractivity (Wildman–Crippen MR) is 81.5 cm³/mol. The molecule has 1 heterocycles. The molecule has 0 aliphatic rings. The lowest BCUT2D eigenvalue weighted by Crippen LogP contribution is -2.16. The molecule has 0 amide bonds. The predicted octanol–water partition coefficient (Wildman–Crippen LogP) is 2.92. The molecule has 114 valence electrons. The van der Waals surface area contributed by atoms with E-state index >= 15 is 0 Å². The molecule has 0 fully saturated rings. The molecule has 1 aromatic heterocycles. The zero-order valence-corrected chi connectivity index (χ0v) is 12.9. The number of nitrogens with zero attached hydrogens (tertiary/aromatic N) is 1. The Hall–Kier alpha value is -2.40. The van der Waals surface area contributed by atoms with Gasteiger partial charge in [-0.05, 0) is 37.3 Å². The quantitative estimate of drug-likeness (QED) is 0.628. The summed E-state index contributed by atoms with van der Waals surface area (Å²) in [6.45, 7) is 1.04. The summed E-state index contributed by atoms with van der Waals surface area (Å²) in [4.78, 5) is 35.2. The fraction of sp³-hybridized carbons (Fsp3) is 0.188. The van der Waals surface area contributed by atoms with Crippen LogP contribution in [0.2, 0.25) is 5.02 Å². The fourth-order valence-corrected chi connectivity index (χ4v) is 2.01. The van der Waals surface area contributed by atoms with Crippen molar-refractivity contribution in [2.75, 3.05) is 6.61 Å². The number of aryl methyl sites for hydroxylation is 1. The number of benzene rings is 1. The maximum absolute atomic E-state index is 12.0. The molecule has 0 saturated heterocycles. The summed E-state index contributed by atoms with van der Waals surface area (Å²) in [5.41, 5.74) is 1.04. The van der Waals surface area contributed by atoms with Crippen LogP contribution in [0.5, 0.6) is 0 Å². The fourth-order valence-electron chi connectivity index (χ4n) is 1.88. The Kier molecular flexibility index (Phi) is 4.78. The van der Waals surface area contributed by atoms with Crippen molar-refractivity contribution in [1.29, 1.82) is 0 Å². The van der Waals surface area contributed by atoms with E-state index in [9.17, 15) is 14.4 Å². The first-order valence-electron chi connectivity index (χ1n) is 6.51. The lowest BCUT2D eigenvalue weighted by atomic mass is 10.1. The Bertz CT molecular complexity index is 731. The third-order valence-electron chi connectivity index (χ3n) is 3.12. The van der Waals surface area contributed by atoms with E-state index in [0.29, 0.717) is 16.1 Å². The molecule has 0 unspecified atom stereocenters. The Morgan fingerprint density at radius 1 is 1.14 bits per heavy atom. The second kappa shape index (κ2) is 6.58. The van der Waals surface area contributed by atoms with Gasteiger partial charge >= 0.3 is 5.97 Å². The van der Waals surface area contributed by atoms with Gasteiger partial charge in [-0.1, -0.05) is 11.6 Å². The number of carbonyl (C=O) groups excluding carboxylic acids is 3. The molecule has 0 radical (unpaired) electrons. The van der Waals surface area contributed by atoms with E-state index in [4.69, 9.17) is 16.3 Å². The highest BCUT2D eigenvalue weighted by molar-refractivity contribution is 6.30. The number of ether oxygens (including phenoxy) is 1. The molecule has 0 atom stereocenters. The smallest absolute Gasteiger partial charge is 0.355 e. The van der Waals surface area contributed by atoms with E-state index in [1.54, 1.807) is 37.5 Å². The molecular weight excluding hydrogens is 306 g/mol. The highest BCUT2D eigenvalue weighted by Gasteiger charge is 2.17.